The smallest absolute Gasteiger partial charge is 0.0468 e. The Morgan fingerprint density at radius 1 is 0.203 bits per heavy atom. The second-order valence-electron chi connectivity index (χ2n) is 15.3. The molecule has 0 saturated heterocycles. The van der Waals surface area contributed by atoms with Gasteiger partial charge in [0.1, 0.15) is 0 Å². The topological polar surface area (TPSA) is 3.24 Å². The molecule has 59 heavy (non-hydrogen) atoms. The standard InChI is InChI=1S/C58H39N/c1-3-13-40(14-4-1)42-27-31-48(32-28-42)59(49-33-29-43(30-34-49)41-15-5-2-6-16-41)50-35-36-55(58-38-46-18-8-10-20-52(46)53-21-11-12-22-54(53)58)57(39-50)47-26-25-45-24-23-44-17-7-9-19-51(44)56(45)37-47/h1-39H. The predicted octanol–water partition coefficient (Wildman–Crippen LogP) is 16.4. The van der Waals surface area contributed by atoms with Gasteiger partial charge in [-0.2, -0.15) is 0 Å². The molecule has 0 atom stereocenters. The second kappa shape index (κ2) is 14.6. The normalized spacial score (nSPS) is 11.4. The number of rotatable bonds is 7. The van der Waals surface area contributed by atoms with E-state index >= 15 is 0 Å². The molecule has 0 saturated carbocycles. The Morgan fingerprint density at radius 2 is 0.644 bits per heavy atom. The first-order valence-electron chi connectivity index (χ1n) is 20.3. The van der Waals surface area contributed by atoms with E-state index in [0.29, 0.717) is 0 Å². The minimum atomic E-state index is 1.09. The van der Waals surface area contributed by atoms with Crippen LogP contribution in [0.1, 0.15) is 0 Å². The summed E-state index contributed by atoms with van der Waals surface area (Å²) in [5, 5.41) is 10.0. The Kier molecular flexibility index (Phi) is 8.56. The molecule has 11 aromatic carbocycles. The van der Waals surface area contributed by atoms with Crippen LogP contribution in [0.15, 0.2) is 237 Å². The summed E-state index contributed by atoms with van der Waals surface area (Å²) in [7, 11) is 0. The first-order valence-corrected chi connectivity index (χ1v) is 20.3. The lowest BCUT2D eigenvalue weighted by Gasteiger charge is -2.27. The molecule has 0 fully saturated rings. The molecule has 0 bridgehead atoms. The summed E-state index contributed by atoms with van der Waals surface area (Å²) >= 11 is 0. The van der Waals surface area contributed by atoms with Gasteiger partial charge >= 0.3 is 0 Å². The van der Waals surface area contributed by atoms with Crippen molar-refractivity contribution in [2.75, 3.05) is 4.90 Å². The van der Waals surface area contributed by atoms with Gasteiger partial charge in [0.25, 0.3) is 0 Å². The average Bonchev–Trinajstić information content (AvgIpc) is 3.32. The second-order valence-corrected chi connectivity index (χ2v) is 15.3. The third kappa shape index (κ3) is 6.30. The van der Waals surface area contributed by atoms with Gasteiger partial charge in [0.2, 0.25) is 0 Å². The first kappa shape index (κ1) is 34.5. The maximum absolute atomic E-state index is 2.40. The SMILES string of the molecule is c1ccc(-c2ccc(N(c3ccc(-c4ccccc4)cc3)c3ccc(-c4cc5ccccc5c5ccccc45)c(-c4ccc5ccc6ccccc6c5c4)c3)cc2)cc1. The Labute approximate surface area is 344 Å². The molecule has 0 amide bonds. The van der Waals surface area contributed by atoms with Crippen LogP contribution in [0.2, 0.25) is 0 Å². The van der Waals surface area contributed by atoms with Crippen molar-refractivity contribution in [3.05, 3.63) is 237 Å². The van der Waals surface area contributed by atoms with Gasteiger partial charge in [0.15, 0.2) is 0 Å². The average molecular weight is 750 g/mol. The minimum absolute atomic E-state index is 1.09. The van der Waals surface area contributed by atoms with Gasteiger partial charge in [-0.15, -0.1) is 0 Å². The van der Waals surface area contributed by atoms with Crippen LogP contribution in [0.5, 0.6) is 0 Å². The zero-order chi connectivity index (χ0) is 39.1. The lowest BCUT2D eigenvalue weighted by atomic mass is 9.87. The molecule has 0 spiro atoms. The molecular formula is C58H39N. The molecule has 0 aromatic heterocycles. The van der Waals surface area contributed by atoms with Crippen molar-refractivity contribution in [3.63, 3.8) is 0 Å². The van der Waals surface area contributed by atoms with Crippen molar-refractivity contribution < 1.29 is 0 Å². The van der Waals surface area contributed by atoms with Crippen LogP contribution in [0.25, 0.3) is 87.6 Å². The molecule has 1 heteroatoms. The lowest BCUT2D eigenvalue weighted by molar-refractivity contribution is 1.28. The van der Waals surface area contributed by atoms with Crippen LogP contribution < -0.4 is 4.90 Å². The van der Waals surface area contributed by atoms with Crippen LogP contribution in [-0.2, 0) is 0 Å². The molecule has 11 rings (SSSR count). The Hall–Kier alpha value is -7.74. The molecule has 1 nitrogen and oxygen atoms in total. The van der Waals surface area contributed by atoms with Crippen LogP contribution >= 0.6 is 0 Å². The highest BCUT2D eigenvalue weighted by molar-refractivity contribution is 6.15. The van der Waals surface area contributed by atoms with Crippen molar-refractivity contribution in [1.29, 1.82) is 0 Å². The zero-order valence-electron chi connectivity index (χ0n) is 32.5. The molecule has 0 radical (unpaired) electrons. The van der Waals surface area contributed by atoms with Gasteiger partial charge in [-0.05, 0) is 136 Å². The van der Waals surface area contributed by atoms with E-state index in [1.54, 1.807) is 0 Å². The summed E-state index contributed by atoms with van der Waals surface area (Å²) in [5.41, 5.74) is 12.9. The van der Waals surface area contributed by atoms with E-state index in [1.807, 2.05) is 0 Å². The molecule has 276 valence electrons. The van der Waals surface area contributed by atoms with Gasteiger partial charge < -0.3 is 4.90 Å². The fourth-order valence-electron chi connectivity index (χ4n) is 8.91. The Bertz CT molecular complexity index is 3210. The highest BCUT2D eigenvalue weighted by Gasteiger charge is 2.19. The van der Waals surface area contributed by atoms with Crippen molar-refractivity contribution in [3.8, 4) is 44.5 Å². The lowest BCUT2D eigenvalue weighted by Crippen LogP contribution is -2.10. The fraction of sp³-hybridized carbons (Fsp3) is 0. The summed E-state index contributed by atoms with van der Waals surface area (Å²) in [6.07, 6.45) is 0. The number of benzene rings is 11. The van der Waals surface area contributed by atoms with Gasteiger partial charge in [0, 0.05) is 17.1 Å². The summed E-state index contributed by atoms with van der Waals surface area (Å²) < 4.78 is 0. The van der Waals surface area contributed by atoms with Gasteiger partial charge in [0.05, 0.1) is 0 Å². The molecular weight excluding hydrogens is 711 g/mol. The number of anilines is 3. The molecule has 0 aliphatic heterocycles. The number of hydrogen-bond donors (Lipinski definition) is 0. The first-order chi connectivity index (χ1) is 29.2. The predicted molar refractivity (Wildman–Crippen MR) is 253 cm³/mol. The molecule has 0 aliphatic carbocycles. The molecule has 0 unspecified atom stereocenters. The Balaban J connectivity index is 1.15. The summed E-state index contributed by atoms with van der Waals surface area (Å²) in [5.74, 6) is 0. The van der Waals surface area contributed by atoms with Crippen molar-refractivity contribution in [1.82, 2.24) is 0 Å². The summed E-state index contributed by atoms with van der Waals surface area (Å²) in [6.45, 7) is 0. The zero-order valence-corrected chi connectivity index (χ0v) is 32.5. The summed E-state index contributed by atoms with van der Waals surface area (Å²) in [4.78, 5) is 2.39. The highest BCUT2D eigenvalue weighted by atomic mass is 15.1. The van der Waals surface area contributed by atoms with Gasteiger partial charge in [-0.3, -0.25) is 0 Å². The van der Waals surface area contributed by atoms with Crippen LogP contribution in [-0.4, -0.2) is 0 Å². The molecule has 11 aromatic rings. The van der Waals surface area contributed by atoms with E-state index in [9.17, 15) is 0 Å². The number of fused-ring (bicyclic) bond motifs is 6. The van der Waals surface area contributed by atoms with Gasteiger partial charge in [-0.1, -0.05) is 188 Å². The van der Waals surface area contributed by atoms with Crippen molar-refractivity contribution in [2.24, 2.45) is 0 Å². The minimum Gasteiger partial charge on any atom is -0.310 e. The van der Waals surface area contributed by atoms with E-state index in [-0.39, 0.29) is 0 Å². The fourth-order valence-corrected chi connectivity index (χ4v) is 8.91. The van der Waals surface area contributed by atoms with E-state index in [4.69, 9.17) is 0 Å². The van der Waals surface area contributed by atoms with Crippen LogP contribution in [0.4, 0.5) is 17.1 Å². The number of hydrogen-bond acceptors (Lipinski definition) is 1. The third-order valence-electron chi connectivity index (χ3n) is 11.8. The van der Waals surface area contributed by atoms with Gasteiger partial charge in [-0.25, -0.2) is 0 Å². The molecule has 0 heterocycles. The van der Waals surface area contributed by atoms with Crippen LogP contribution in [0, 0.1) is 0 Å². The molecule has 0 aliphatic rings. The van der Waals surface area contributed by atoms with E-state index in [1.165, 1.54) is 87.6 Å². The van der Waals surface area contributed by atoms with E-state index in [0.717, 1.165) is 17.1 Å². The maximum atomic E-state index is 2.40. The number of nitrogens with zero attached hydrogens (tertiary/aromatic N) is 1. The third-order valence-corrected chi connectivity index (χ3v) is 11.8. The Morgan fingerprint density at radius 3 is 1.27 bits per heavy atom. The largest absolute Gasteiger partial charge is 0.310 e. The molecule has 0 N–H and O–H groups in total. The van der Waals surface area contributed by atoms with Crippen LogP contribution in [0.3, 0.4) is 0 Å². The monoisotopic (exact) mass is 749 g/mol. The summed E-state index contributed by atoms with van der Waals surface area (Å²) in [6, 6.07) is 86.4. The van der Waals surface area contributed by atoms with E-state index in [2.05, 4.69) is 241 Å². The van der Waals surface area contributed by atoms with Crippen molar-refractivity contribution >= 4 is 60.2 Å². The van der Waals surface area contributed by atoms with E-state index < -0.39 is 0 Å². The quantitative estimate of drug-likeness (QED) is 0.147. The highest BCUT2D eigenvalue weighted by Crippen LogP contribution is 2.45. The maximum Gasteiger partial charge on any atom is 0.0468 e. The van der Waals surface area contributed by atoms with Crippen molar-refractivity contribution in [2.45, 2.75) is 0 Å².